The average molecular weight is 122 g/mol. The molecule has 1 heterocycles. The predicted octanol–water partition coefficient (Wildman–Crippen LogP) is 1.43. The Morgan fingerprint density at radius 3 is 3.11 bits per heavy atom. The van der Waals surface area contributed by atoms with E-state index in [4.69, 9.17) is 0 Å². The Balaban J connectivity index is 2.75. The summed E-state index contributed by atoms with van der Waals surface area (Å²) in [6, 6.07) is 0.235. The lowest BCUT2D eigenvalue weighted by Crippen LogP contribution is -1.96. The number of aliphatic imine (C=N–C) groups is 2. The average Bonchev–Trinajstić information content (AvgIpc) is 1.97. The summed E-state index contributed by atoms with van der Waals surface area (Å²) in [5.74, 6) is 0. The molecule has 0 aliphatic carbocycles. The van der Waals surface area contributed by atoms with Crippen molar-refractivity contribution in [3.8, 4) is 0 Å². The van der Waals surface area contributed by atoms with Gasteiger partial charge in [0.05, 0.1) is 6.04 Å². The highest BCUT2D eigenvalue weighted by atomic mass is 14.8. The first-order valence-electron chi connectivity index (χ1n) is 3.03. The highest BCUT2D eigenvalue weighted by molar-refractivity contribution is 5.78. The monoisotopic (exact) mass is 122 g/mol. The molecular weight excluding hydrogens is 112 g/mol. The van der Waals surface area contributed by atoms with Crippen molar-refractivity contribution in [2.75, 3.05) is 0 Å². The van der Waals surface area contributed by atoms with E-state index >= 15 is 0 Å². The predicted molar refractivity (Wildman–Crippen MR) is 40.2 cm³/mol. The van der Waals surface area contributed by atoms with Crippen molar-refractivity contribution in [1.82, 2.24) is 0 Å². The van der Waals surface area contributed by atoms with Crippen LogP contribution in [0.4, 0.5) is 0 Å². The molecule has 2 heteroatoms. The van der Waals surface area contributed by atoms with Crippen molar-refractivity contribution in [1.29, 1.82) is 0 Å². The van der Waals surface area contributed by atoms with Crippen molar-refractivity contribution in [2.24, 2.45) is 9.98 Å². The fraction of sp³-hybridized carbons (Fsp3) is 0.429. The quantitative estimate of drug-likeness (QED) is 0.464. The van der Waals surface area contributed by atoms with Gasteiger partial charge in [0.25, 0.3) is 0 Å². The van der Waals surface area contributed by atoms with Gasteiger partial charge in [-0.05, 0) is 19.9 Å². The Labute approximate surface area is 55.0 Å². The third-order valence-electron chi connectivity index (χ3n) is 1.13. The molecule has 0 aromatic rings. The molecule has 0 aromatic carbocycles. The first-order valence-corrected chi connectivity index (χ1v) is 3.03. The van der Waals surface area contributed by atoms with Crippen molar-refractivity contribution < 1.29 is 0 Å². The number of hydrogen-bond acceptors (Lipinski definition) is 2. The van der Waals surface area contributed by atoms with Crippen LogP contribution in [-0.2, 0) is 0 Å². The minimum Gasteiger partial charge on any atom is -0.284 e. The smallest absolute Gasteiger partial charge is 0.0822 e. The van der Waals surface area contributed by atoms with Gasteiger partial charge in [-0.2, -0.15) is 0 Å². The van der Waals surface area contributed by atoms with Gasteiger partial charge in [0.2, 0.25) is 0 Å². The van der Waals surface area contributed by atoms with E-state index in [1.807, 2.05) is 26.1 Å². The van der Waals surface area contributed by atoms with E-state index in [1.54, 1.807) is 6.21 Å². The SMILES string of the molecule is CC1=CC=NC(C)C=N1. The minimum atomic E-state index is 0.235. The van der Waals surface area contributed by atoms with Gasteiger partial charge in [-0.3, -0.25) is 9.98 Å². The van der Waals surface area contributed by atoms with Crippen molar-refractivity contribution >= 4 is 12.4 Å². The molecule has 0 fully saturated rings. The van der Waals surface area contributed by atoms with Crippen LogP contribution in [0.15, 0.2) is 21.8 Å². The fourth-order valence-corrected chi connectivity index (χ4v) is 0.594. The molecule has 1 atom stereocenters. The summed E-state index contributed by atoms with van der Waals surface area (Å²) in [5, 5.41) is 0. The Morgan fingerprint density at radius 2 is 2.33 bits per heavy atom. The lowest BCUT2D eigenvalue weighted by atomic mass is 10.4. The van der Waals surface area contributed by atoms with Crippen LogP contribution >= 0.6 is 0 Å². The second-order valence-electron chi connectivity index (χ2n) is 2.12. The maximum absolute atomic E-state index is 4.12. The van der Waals surface area contributed by atoms with E-state index in [0.29, 0.717) is 0 Å². The molecule has 1 aliphatic heterocycles. The van der Waals surface area contributed by atoms with Crippen LogP contribution in [0.1, 0.15) is 13.8 Å². The van der Waals surface area contributed by atoms with Crippen LogP contribution < -0.4 is 0 Å². The first-order chi connectivity index (χ1) is 4.29. The second kappa shape index (κ2) is 2.58. The zero-order valence-corrected chi connectivity index (χ0v) is 5.70. The highest BCUT2D eigenvalue weighted by Gasteiger charge is 1.93. The molecule has 2 nitrogen and oxygen atoms in total. The minimum absolute atomic E-state index is 0.235. The molecule has 0 aromatic heterocycles. The zero-order valence-electron chi connectivity index (χ0n) is 5.70. The number of hydrogen-bond donors (Lipinski definition) is 0. The zero-order chi connectivity index (χ0) is 6.69. The summed E-state index contributed by atoms with van der Waals surface area (Å²) in [6.07, 6.45) is 5.54. The molecule has 0 N–H and O–H groups in total. The van der Waals surface area contributed by atoms with Crippen LogP contribution in [0.25, 0.3) is 0 Å². The van der Waals surface area contributed by atoms with E-state index in [-0.39, 0.29) is 6.04 Å². The van der Waals surface area contributed by atoms with Gasteiger partial charge in [-0.25, -0.2) is 0 Å². The van der Waals surface area contributed by atoms with E-state index in [9.17, 15) is 0 Å². The summed E-state index contributed by atoms with van der Waals surface area (Å²) in [7, 11) is 0. The van der Waals surface area contributed by atoms with Gasteiger partial charge < -0.3 is 0 Å². The summed E-state index contributed by atoms with van der Waals surface area (Å²) < 4.78 is 0. The Kier molecular flexibility index (Phi) is 1.78. The Morgan fingerprint density at radius 1 is 1.56 bits per heavy atom. The second-order valence-corrected chi connectivity index (χ2v) is 2.12. The maximum atomic E-state index is 4.12. The number of nitrogens with zero attached hydrogens (tertiary/aromatic N) is 2. The van der Waals surface area contributed by atoms with E-state index in [2.05, 4.69) is 9.98 Å². The molecule has 0 bridgehead atoms. The van der Waals surface area contributed by atoms with Crippen molar-refractivity contribution in [3.63, 3.8) is 0 Å². The van der Waals surface area contributed by atoms with Crippen LogP contribution in [0.3, 0.4) is 0 Å². The summed E-state index contributed by atoms with van der Waals surface area (Å²) >= 11 is 0. The fourth-order valence-electron chi connectivity index (χ4n) is 0.594. The Hall–Kier alpha value is -0.920. The molecule has 1 rings (SSSR count). The molecule has 1 unspecified atom stereocenters. The molecule has 9 heavy (non-hydrogen) atoms. The van der Waals surface area contributed by atoms with Gasteiger partial charge in [0, 0.05) is 18.1 Å². The van der Waals surface area contributed by atoms with Gasteiger partial charge >= 0.3 is 0 Å². The first kappa shape index (κ1) is 6.20. The molecular formula is C7H10N2. The lowest BCUT2D eigenvalue weighted by molar-refractivity contribution is 1.00. The van der Waals surface area contributed by atoms with E-state index < -0.39 is 0 Å². The van der Waals surface area contributed by atoms with Crippen LogP contribution in [0, 0.1) is 0 Å². The van der Waals surface area contributed by atoms with Crippen LogP contribution in [0.5, 0.6) is 0 Å². The molecule has 0 amide bonds. The number of rotatable bonds is 0. The summed E-state index contributed by atoms with van der Waals surface area (Å²) in [5.41, 5.74) is 1.02. The molecule has 0 saturated heterocycles. The van der Waals surface area contributed by atoms with Crippen LogP contribution in [0.2, 0.25) is 0 Å². The van der Waals surface area contributed by atoms with Gasteiger partial charge in [-0.1, -0.05) is 0 Å². The third-order valence-corrected chi connectivity index (χ3v) is 1.13. The summed E-state index contributed by atoms with van der Waals surface area (Å²) in [4.78, 5) is 8.24. The molecule has 0 spiro atoms. The molecule has 1 aliphatic rings. The standard InChI is InChI=1S/C7H10N2/c1-6-3-4-8-7(2)5-9-6/h3-5,7H,1-2H3. The van der Waals surface area contributed by atoms with E-state index in [0.717, 1.165) is 5.70 Å². The van der Waals surface area contributed by atoms with Gasteiger partial charge in [0.1, 0.15) is 0 Å². The summed E-state index contributed by atoms with van der Waals surface area (Å²) in [6.45, 7) is 3.97. The largest absolute Gasteiger partial charge is 0.284 e. The number of allylic oxidation sites excluding steroid dienone is 2. The molecule has 0 saturated carbocycles. The van der Waals surface area contributed by atoms with Crippen molar-refractivity contribution in [3.05, 3.63) is 11.8 Å². The maximum Gasteiger partial charge on any atom is 0.0822 e. The van der Waals surface area contributed by atoms with Gasteiger partial charge in [0.15, 0.2) is 0 Å². The lowest BCUT2D eigenvalue weighted by Gasteiger charge is -1.90. The normalized spacial score (nSPS) is 25.6. The van der Waals surface area contributed by atoms with E-state index in [1.165, 1.54) is 0 Å². The third kappa shape index (κ3) is 1.80. The van der Waals surface area contributed by atoms with Gasteiger partial charge in [-0.15, -0.1) is 0 Å². The molecule has 48 valence electrons. The molecule has 0 radical (unpaired) electrons. The topological polar surface area (TPSA) is 24.7 Å². The van der Waals surface area contributed by atoms with Crippen LogP contribution in [-0.4, -0.2) is 18.5 Å². The highest BCUT2D eigenvalue weighted by Crippen LogP contribution is 1.97. The van der Waals surface area contributed by atoms with Crippen molar-refractivity contribution in [2.45, 2.75) is 19.9 Å². The Bertz CT molecular complexity index is 177.